The lowest BCUT2D eigenvalue weighted by Gasteiger charge is -2.30. The maximum Gasteiger partial charge on any atom is 0.169 e. The minimum Gasteiger partial charge on any atom is -0.349 e. The van der Waals surface area contributed by atoms with Crippen LogP contribution in [0.4, 0.5) is 10.2 Å². The van der Waals surface area contributed by atoms with Crippen LogP contribution in [-0.4, -0.2) is 16.7 Å². The van der Waals surface area contributed by atoms with Gasteiger partial charge < -0.3 is 4.90 Å². The van der Waals surface area contributed by atoms with E-state index in [4.69, 9.17) is 0 Å². The quantitative estimate of drug-likeness (QED) is 0.807. The maximum atomic E-state index is 13.3. The molecule has 0 fully saturated rings. The second kappa shape index (κ2) is 5.13. The van der Waals surface area contributed by atoms with Crippen LogP contribution in [0.3, 0.4) is 0 Å². The lowest BCUT2D eigenvalue weighted by molar-refractivity contribution is 0.618. The molecule has 0 atom stereocenters. The summed E-state index contributed by atoms with van der Waals surface area (Å²) in [5, 5.41) is 17.7. The first kappa shape index (κ1) is 13.5. The summed E-state index contributed by atoms with van der Waals surface area (Å²) in [5.41, 5.74) is 4.32. The van der Waals surface area contributed by atoms with E-state index < -0.39 is 0 Å². The van der Waals surface area contributed by atoms with E-state index in [1.54, 1.807) is 12.1 Å². The van der Waals surface area contributed by atoms with Crippen LogP contribution in [0.15, 0.2) is 18.2 Å². The van der Waals surface area contributed by atoms with Gasteiger partial charge in [-0.1, -0.05) is 6.07 Å². The highest BCUT2D eigenvalue weighted by Gasteiger charge is 2.22. The molecule has 21 heavy (non-hydrogen) atoms. The summed E-state index contributed by atoms with van der Waals surface area (Å²) in [6.45, 7) is 5.07. The Morgan fingerprint density at radius 2 is 2.05 bits per heavy atom. The first-order valence-corrected chi connectivity index (χ1v) is 6.86. The predicted octanol–water partition coefficient (Wildman–Crippen LogP) is 2.67. The maximum absolute atomic E-state index is 13.3. The van der Waals surface area contributed by atoms with Crippen molar-refractivity contribution in [3.8, 4) is 6.07 Å². The normalized spacial score (nSPS) is 13.7. The van der Waals surface area contributed by atoms with Crippen LogP contribution in [0, 0.1) is 31.0 Å². The van der Waals surface area contributed by atoms with Crippen molar-refractivity contribution >= 4 is 5.82 Å². The summed E-state index contributed by atoms with van der Waals surface area (Å²) in [7, 11) is 0. The number of nitriles is 1. The van der Waals surface area contributed by atoms with Crippen LogP contribution in [0.2, 0.25) is 0 Å². The van der Waals surface area contributed by atoms with Crippen LogP contribution >= 0.6 is 0 Å². The molecule has 0 saturated heterocycles. The van der Waals surface area contributed by atoms with Gasteiger partial charge in [-0.25, -0.2) is 4.39 Å². The molecule has 3 rings (SSSR count). The lowest BCUT2D eigenvalue weighted by Crippen LogP contribution is -2.32. The van der Waals surface area contributed by atoms with Crippen molar-refractivity contribution in [3.05, 3.63) is 52.0 Å². The largest absolute Gasteiger partial charge is 0.349 e. The van der Waals surface area contributed by atoms with Crippen LogP contribution in [0.25, 0.3) is 0 Å². The SMILES string of the molecule is Cc1nnc(N2CCc3cc(F)ccc3C2)c(C#N)c1C. The van der Waals surface area contributed by atoms with E-state index in [2.05, 4.69) is 16.3 Å². The summed E-state index contributed by atoms with van der Waals surface area (Å²) >= 11 is 0. The Kier molecular flexibility index (Phi) is 3.30. The molecule has 0 amide bonds. The van der Waals surface area contributed by atoms with E-state index in [0.717, 1.165) is 28.8 Å². The number of anilines is 1. The van der Waals surface area contributed by atoms with Gasteiger partial charge in [0.1, 0.15) is 17.4 Å². The number of aryl methyl sites for hydroxylation is 1. The molecule has 2 heterocycles. The molecule has 0 bridgehead atoms. The van der Waals surface area contributed by atoms with E-state index in [9.17, 15) is 9.65 Å². The van der Waals surface area contributed by atoms with Gasteiger partial charge in [0, 0.05) is 13.1 Å². The fourth-order valence-corrected chi connectivity index (χ4v) is 2.65. The molecule has 5 heteroatoms. The molecule has 0 aliphatic carbocycles. The van der Waals surface area contributed by atoms with E-state index in [-0.39, 0.29) is 5.82 Å². The number of fused-ring (bicyclic) bond motifs is 1. The van der Waals surface area contributed by atoms with Crippen molar-refractivity contribution in [2.45, 2.75) is 26.8 Å². The van der Waals surface area contributed by atoms with Gasteiger partial charge in [-0.3, -0.25) is 0 Å². The molecule has 1 aromatic carbocycles. The molecule has 0 spiro atoms. The van der Waals surface area contributed by atoms with Crippen LogP contribution in [0.1, 0.15) is 27.9 Å². The number of aromatic nitrogens is 2. The minimum atomic E-state index is -0.203. The van der Waals surface area contributed by atoms with Crippen molar-refractivity contribution in [1.29, 1.82) is 5.26 Å². The fraction of sp³-hybridized carbons (Fsp3) is 0.312. The lowest BCUT2D eigenvalue weighted by atomic mass is 9.99. The molecular weight excluding hydrogens is 267 g/mol. The number of hydrogen-bond acceptors (Lipinski definition) is 4. The summed E-state index contributed by atoms with van der Waals surface area (Å²) in [4.78, 5) is 2.04. The van der Waals surface area contributed by atoms with Gasteiger partial charge in [-0.05, 0) is 49.1 Å². The molecule has 0 radical (unpaired) electrons. The fourth-order valence-electron chi connectivity index (χ4n) is 2.65. The third kappa shape index (κ3) is 2.33. The Bertz CT molecular complexity index is 749. The van der Waals surface area contributed by atoms with Crippen molar-refractivity contribution < 1.29 is 4.39 Å². The summed E-state index contributed by atoms with van der Waals surface area (Å²) < 4.78 is 13.3. The second-order valence-corrected chi connectivity index (χ2v) is 5.31. The number of nitrogens with zero attached hydrogens (tertiary/aromatic N) is 4. The van der Waals surface area contributed by atoms with E-state index in [1.807, 2.05) is 18.7 Å². The van der Waals surface area contributed by atoms with Gasteiger partial charge in [-0.2, -0.15) is 10.4 Å². The zero-order valence-corrected chi connectivity index (χ0v) is 12.0. The first-order chi connectivity index (χ1) is 10.1. The summed E-state index contributed by atoms with van der Waals surface area (Å²) in [6, 6.07) is 7.09. The van der Waals surface area contributed by atoms with E-state index in [0.29, 0.717) is 24.5 Å². The highest BCUT2D eigenvalue weighted by molar-refractivity contribution is 5.58. The topological polar surface area (TPSA) is 52.8 Å². The molecule has 1 aromatic heterocycles. The minimum absolute atomic E-state index is 0.203. The molecule has 4 nitrogen and oxygen atoms in total. The van der Waals surface area contributed by atoms with Crippen molar-refractivity contribution in [2.75, 3.05) is 11.4 Å². The first-order valence-electron chi connectivity index (χ1n) is 6.86. The zero-order valence-electron chi connectivity index (χ0n) is 12.0. The Hall–Kier alpha value is -2.48. The van der Waals surface area contributed by atoms with E-state index >= 15 is 0 Å². The van der Waals surface area contributed by atoms with Crippen molar-refractivity contribution in [2.24, 2.45) is 0 Å². The highest BCUT2D eigenvalue weighted by Crippen LogP contribution is 2.27. The van der Waals surface area contributed by atoms with Crippen LogP contribution in [-0.2, 0) is 13.0 Å². The standard InChI is InChI=1S/C16H15FN4/c1-10-11(2)19-20-16(15(10)8-18)21-6-5-12-7-14(17)4-3-13(12)9-21/h3-4,7H,5-6,9H2,1-2H3. The Labute approximate surface area is 122 Å². The van der Waals surface area contributed by atoms with Gasteiger partial charge in [-0.15, -0.1) is 5.10 Å². The smallest absolute Gasteiger partial charge is 0.169 e. The van der Waals surface area contributed by atoms with Crippen LogP contribution in [0.5, 0.6) is 0 Å². The molecule has 0 saturated carbocycles. The number of halogens is 1. The second-order valence-electron chi connectivity index (χ2n) is 5.31. The molecule has 1 aliphatic rings. The Morgan fingerprint density at radius 1 is 1.24 bits per heavy atom. The number of rotatable bonds is 1. The van der Waals surface area contributed by atoms with Gasteiger partial charge in [0.2, 0.25) is 0 Å². The Balaban J connectivity index is 1.99. The van der Waals surface area contributed by atoms with Crippen molar-refractivity contribution in [1.82, 2.24) is 10.2 Å². The van der Waals surface area contributed by atoms with E-state index in [1.165, 1.54) is 6.07 Å². The van der Waals surface area contributed by atoms with Gasteiger partial charge in [0.25, 0.3) is 0 Å². The number of hydrogen-bond donors (Lipinski definition) is 0. The Morgan fingerprint density at radius 3 is 2.81 bits per heavy atom. The van der Waals surface area contributed by atoms with Crippen LogP contribution < -0.4 is 4.90 Å². The van der Waals surface area contributed by atoms with Gasteiger partial charge in [0.15, 0.2) is 5.82 Å². The molecule has 106 valence electrons. The monoisotopic (exact) mass is 282 g/mol. The third-order valence-corrected chi connectivity index (χ3v) is 4.03. The van der Waals surface area contributed by atoms with Crippen molar-refractivity contribution in [3.63, 3.8) is 0 Å². The third-order valence-electron chi connectivity index (χ3n) is 4.03. The molecule has 2 aromatic rings. The molecule has 0 N–H and O–H groups in total. The average molecular weight is 282 g/mol. The van der Waals surface area contributed by atoms with Gasteiger partial charge >= 0.3 is 0 Å². The molecule has 1 aliphatic heterocycles. The van der Waals surface area contributed by atoms with Gasteiger partial charge in [0.05, 0.1) is 5.69 Å². The average Bonchev–Trinajstić information content (AvgIpc) is 2.49. The molecular formula is C16H15FN4. The predicted molar refractivity (Wildman–Crippen MR) is 77.4 cm³/mol. The molecule has 0 unspecified atom stereocenters. The highest BCUT2D eigenvalue weighted by atomic mass is 19.1. The summed E-state index contributed by atoms with van der Waals surface area (Å²) in [6.07, 6.45) is 0.743. The zero-order chi connectivity index (χ0) is 15.0. The number of benzene rings is 1. The summed E-state index contributed by atoms with van der Waals surface area (Å²) in [5.74, 6) is 0.418.